The lowest BCUT2D eigenvalue weighted by Crippen LogP contribution is -2.48. The third-order valence-electron chi connectivity index (χ3n) is 5.66. The highest BCUT2D eigenvalue weighted by atomic mass is 35.5. The summed E-state index contributed by atoms with van der Waals surface area (Å²) in [5.41, 5.74) is 2.38. The first kappa shape index (κ1) is 19.0. The van der Waals surface area contributed by atoms with Gasteiger partial charge < -0.3 is 10.6 Å². The maximum Gasteiger partial charge on any atom is 0.223 e. The third-order valence-corrected chi connectivity index (χ3v) is 5.92. The van der Waals surface area contributed by atoms with E-state index in [1.807, 2.05) is 24.3 Å². The van der Waals surface area contributed by atoms with Gasteiger partial charge in [-0.15, -0.1) is 0 Å². The molecule has 0 unspecified atom stereocenters. The number of nitrogens with one attached hydrogen (secondary N) is 2. The second kappa shape index (κ2) is 8.34. The highest BCUT2D eigenvalue weighted by molar-refractivity contribution is 6.30. The minimum atomic E-state index is 0.101. The molecular formula is C24H25ClN2O. The van der Waals surface area contributed by atoms with Gasteiger partial charge in [0.25, 0.3) is 0 Å². The summed E-state index contributed by atoms with van der Waals surface area (Å²) in [4.78, 5) is 12.4. The standard InChI is InChI=1S/C24H25ClN2O/c1-16(22-8-4-6-18-5-2-3-7-23(18)22)27-21-13-19(14-21)24(28)26-15-17-9-11-20(25)12-10-17/h2-12,16,19,21,27H,13-15H2,1H3,(H,26,28)/t16-,19?,21?/m1/s1. The molecule has 0 saturated heterocycles. The minimum absolute atomic E-state index is 0.101. The molecular weight excluding hydrogens is 368 g/mol. The first-order valence-corrected chi connectivity index (χ1v) is 10.2. The molecule has 0 radical (unpaired) electrons. The monoisotopic (exact) mass is 392 g/mol. The van der Waals surface area contributed by atoms with Crippen molar-refractivity contribution in [3.05, 3.63) is 82.9 Å². The van der Waals surface area contributed by atoms with Crippen molar-refractivity contribution in [2.75, 3.05) is 0 Å². The van der Waals surface area contributed by atoms with Gasteiger partial charge in [0.1, 0.15) is 0 Å². The van der Waals surface area contributed by atoms with E-state index in [0.29, 0.717) is 17.6 Å². The second-order valence-electron chi connectivity index (χ2n) is 7.67. The van der Waals surface area contributed by atoms with E-state index >= 15 is 0 Å². The Bertz CT molecular complexity index is 959. The van der Waals surface area contributed by atoms with Crippen molar-refractivity contribution in [2.45, 2.75) is 38.4 Å². The molecule has 4 rings (SSSR count). The van der Waals surface area contributed by atoms with Gasteiger partial charge in [0.15, 0.2) is 0 Å². The average Bonchev–Trinajstić information content (AvgIpc) is 2.69. The second-order valence-corrected chi connectivity index (χ2v) is 8.10. The fourth-order valence-electron chi connectivity index (χ4n) is 3.98. The van der Waals surface area contributed by atoms with Crippen LogP contribution in [0.15, 0.2) is 66.7 Å². The van der Waals surface area contributed by atoms with Gasteiger partial charge in [-0.1, -0.05) is 66.2 Å². The SMILES string of the molecule is C[C@@H](NC1CC(C(=O)NCc2ccc(Cl)cc2)C1)c1cccc2ccccc12. The van der Waals surface area contributed by atoms with Gasteiger partial charge in [0.05, 0.1) is 0 Å². The van der Waals surface area contributed by atoms with Crippen LogP contribution in [0.2, 0.25) is 5.02 Å². The quantitative estimate of drug-likeness (QED) is 0.602. The van der Waals surface area contributed by atoms with E-state index in [-0.39, 0.29) is 17.9 Å². The first-order valence-electron chi connectivity index (χ1n) is 9.86. The zero-order valence-electron chi connectivity index (χ0n) is 16.0. The Kier molecular flexibility index (Phi) is 5.65. The summed E-state index contributed by atoms with van der Waals surface area (Å²) >= 11 is 5.90. The summed E-state index contributed by atoms with van der Waals surface area (Å²) in [5, 5.41) is 10.0. The van der Waals surface area contributed by atoms with E-state index in [0.717, 1.165) is 18.4 Å². The molecule has 3 aromatic rings. The Hall–Kier alpha value is -2.36. The van der Waals surface area contributed by atoms with E-state index in [2.05, 4.69) is 60.0 Å². The van der Waals surface area contributed by atoms with E-state index in [1.54, 1.807) is 0 Å². The number of amides is 1. The maximum absolute atomic E-state index is 12.4. The predicted molar refractivity (Wildman–Crippen MR) is 115 cm³/mol. The van der Waals surface area contributed by atoms with Gasteiger partial charge in [-0.2, -0.15) is 0 Å². The predicted octanol–water partition coefficient (Wildman–Crippen LogP) is 5.24. The Labute approximate surface area is 171 Å². The number of fused-ring (bicyclic) bond motifs is 1. The van der Waals surface area contributed by atoms with Crippen LogP contribution in [0.5, 0.6) is 0 Å². The summed E-state index contributed by atoms with van der Waals surface area (Å²) in [5.74, 6) is 0.246. The molecule has 4 heteroatoms. The molecule has 0 heterocycles. The molecule has 3 aromatic carbocycles. The topological polar surface area (TPSA) is 41.1 Å². The number of halogens is 1. The van der Waals surface area contributed by atoms with E-state index < -0.39 is 0 Å². The normalized spacial score (nSPS) is 19.8. The molecule has 0 spiro atoms. The summed E-state index contributed by atoms with van der Waals surface area (Å²) in [6.45, 7) is 2.76. The number of hydrogen-bond donors (Lipinski definition) is 2. The molecule has 0 aromatic heterocycles. The zero-order valence-corrected chi connectivity index (χ0v) is 16.7. The Balaban J connectivity index is 1.28. The molecule has 3 nitrogen and oxygen atoms in total. The van der Waals surface area contributed by atoms with Crippen molar-refractivity contribution in [3.63, 3.8) is 0 Å². The summed E-state index contributed by atoms with van der Waals surface area (Å²) < 4.78 is 0. The summed E-state index contributed by atoms with van der Waals surface area (Å²) in [6.07, 6.45) is 1.78. The van der Waals surface area contributed by atoms with Crippen molar-refractivity contribution >= 4 is 28.3 Å². The van der Waals surface area contributed by atoms with Crippen molar-refractivity contribution < 1.29 is 4.79 Å². The molecule has 28 heavy (non-hydrogen) atoms. The lowest BCUT2D eigenvalue weighted by Gasteiger charge is -2.37. The number of rotatable bonds is 6. The Morgan fingerprint density at radius 2 is 1.75 bits per heavy atom. The fourth-order valence-corrected chi connectivity index (χ4v) is 4.10. The highest BCUT2D eigenvalue weighted by Gasteiger charge is 2.35. The summed E-state index contributed by atoms with van der Waals surface area (Å²) in [6, 6.07) is 23.2. The van der Waals surface area contributed by atoms with Crippen LogP contribution in [0.4, 0.5) is 0 Å². The molecule has 1 aliphatic rings. The number of carbonyl (C=O) groups excluding carboxylic acids is 1. The van der Waals surface area contributed by atoms with E-state index in [1.165, 1.54) is 16.3 Å². The van der Waals surface area contributed by atoms with Crippen LogP contribution in [0.1, 0.15) is 36.9 Å². The maximum atomic E-state index is 12.4. The average molecular weight is 393 g/mol. The molecule has 0 bridgehead atoms. The largest absolute Gasteiger partial charge is 0.352 e. The lowest BCUT2D eigenvalue weighted by molar-refractivity contribution is -0.128. The van der Waals surface area contributed by atoms with Gasteiger partial charge in [-0.25, -0.2) is 0 Å². The van der Waals surface area contributed by atoms with Gasteiger partial charge in [0.2, 0.25) is 5.91 Å². The Morgan fingerprint density at radius 1 is 1.04 bits per heavy atom. The van der Waals surface area contributed by atoms with Crippen LogP contribution in [0, 0.1) is 5.92 Å². The van der Waals surface area contributed by atoms with Crippen LogP contribution in [-0.2, 0) is 11.3 Å². The van der Waals surface area contributed by atoms with Crippen LogP contribution in [-0.4, -0.2) is 11.9 Å². The molecule has 2 N–H and O–H groups in total. The zero-order chi connectivity index (χ0) is 19.5. The van der Waals surface area contributed by atoms with E-state index in [9.17, 15) is 4.79 Å². The highest BCUT2D eigenvalue weighted by Crippen LogP contribution is 2.31. The number of hydrogen-bond acceptors (Lipinski definition) is 2. The molecule has 1 fully saturated rings. The van der Waals surface area contributed by atoms with Crippen molar-refractivity contribution in [1.82, 2.24) is 10.6 Å². The van der Waals surface area contributed by atoms with Crippen LogP contribution in [0.3, 0.4) is 0 Å². The van der Waals surface area contributed by atoms with Gasteiger partial charge in [0, 0.05) is 29.6 Å². The van der Waals surface area contributed by atoms with Crippen LogP contribution < -0.4 is 10.6 Å². The number of benzene rings is 3. The van der Waals surface area contributed by atoms with Crippen molar-refractivity contribution in [3.8, 4) is 0 Å². The fraction of sp³-hybridized carbons (Fsp3) is 0.292. The first-order chi connectivity index (χ1) is 13.6. The third kappa shape index (κ3) is 4.21. The molecule has 1 aliphatic carbocycles. The summed E-state index contributed by atoms with van der Waals surface area (Å²) in [7, 11) is 0. The molecule has 1 amide bonds. The Morgan fingerprint density at radius 3 is 2.54 bits per heavy atom. The van der Waals surface area contributed by atoms with Crippen molar-refractivity contribution in [2.24, 2.45) is 5.92 Å². The molecule has 144 valence electrons. The van der Waals surface area contributed by atoms with Gasteiger partial charge in [-0.3, -0.25) is 4.79 Å². The van der Waals surface area contributed by atoms with Gasteiger partial charge >= 0.3 is 0 Å². The molecule has 1 atom stereocenters. The lowest BCUT2D eigenvalue weighted by atomic mass is 9.79. The minimum Gasteiger partial charge on any atom is -0.352 e. The van der Waals surface area contributed by atoms with Crippen LogP contribution >= 0.6 is 11.6 Å². The number of carbonyl (C=O) groups is 1. The van der Waals surface area contributed by atoms with E-state index in [4.69, 9.17) is 11.6 Å². The van der Waals surface area contributed by atoms with Crippen molar-refractivity contribution in [1.29, 1.82) is 0 Å². The smallest absolute Gasteiger partial charge is 0.223 e. The molecule has 1 saturated carbocycles. The van der Waals surface area contributed by atoms with Crippen LogP contribution in [0.25, 0.3) is 10.8 Å². The molecule has 0 aliphatic heterocycles. The van der Waals surface area contributed by atoms with Gasteiger partial charge in [-0.05, 0) is 53.8 Å².